The molecule has 8 nitrogen and oxygen atoms in total. The minimum absolute atomic E-state index is 0.00115. The van der Waals surface area contributed by atoms with Crippen molar-refractivity contribution >= 4 is 38.4 Å². The lowest BCUT2D eigenvalue weighted by atomic mass is 9.96. The summed E-state index contributed by atoms with van der Waals surface area (Å²) in [5, 5.41) is 12.5. The van der Waals surface area contributed by atoms with Crippen molar-refractivity contribution in [2.24, 2.45) is 5.92 Å². The zero-order valence-corrected chi connectivity index (χ0v) is 16.9. The summed E-state index contributed by atoms with van der Waals surface area (Å²) < 4.78 is 12.2. The van der Waals surface area contributed by atoms with Crippen molar-refractivity contribution in [2.75, 3.05) is 36.5 Å². The first kappa shape index (κ1) is 18.6. The number of carbonyl (C=O) groups excluding carboxylic acids is 1. The number of nitrogens with one attached hydrogen (secondary N) is 1. The van der Waals surface area contributed by atoms with E-state index in [-0.39, 0.29) is 11.8 Å². The molecular weight excluding hydrogens is 402 g/mol. The summed E-state index contributed by atoms with van der Waals surface area (Å²) in [5.74, 6) is 2.19. The van der Waals surface area contributed by atoms with Gasteiger partial charge < -0.3 is 19.7 Å². The molecule has 9 heteroatoms. The van der Waals surface area contributed by atoms with Gasteiger partial charge in [0, 0.05) is 37.3 Å². The summed E-state index contributed by atoms with van der Waals surface area (Å²) in [6.45, 7) is 2.57. The Morgan fingerprint density at radius 1 is 1.20 bits per heavy atom. The molecule has 0 atom stereocenters. The number of benzene rings is 1. The number of hydrogen-bond acceptors (Lipinski definition) is 8. The van der Waals surface area contributed by atoms with E-state index < -0.39 is 0 Å². The van der Waals surface area contributed by atoms with E-state index in [9.17, 15) is 4.79 Å². The average molecular weight is 421 g/mol. The van der Waals surface area contributed by atoms with Crippen LogP contribution in [0.25, 0.3) is 10.2 Å². The SMILES string of the molecule is N#Cc1ccc(N2CCC(C(=O)Nc3nc4cc5c(cc4s3)OCCO5)CC2)nc1. The lowest BCUT2D eigenvalue weighted by molar-refractivity contribution is -0.120. The van der Waals surface area contributed by atoms with Crippen molar-refractivity contribution in [3.05, 3.63) is 36.0 Å². The Morgan fingerprint density at radius 2 is 1.97 bits per heavy atom. The number of rotatable bonds is 3. The standard InChI is InChI=1S/C21H19N5O3S/c22-11-13-1-2-19(23-12-13)26-5-3-14(4-6-26)20(27)25-21-24-15-9-16-17(10-18(15)30-21)29-8-7-28-16/h1-2,9-10,12,14H,3-8H2,(H,24,25,27). The van der Waals surface area contributed by atoms with E-state index in [1.165, 1.54) is 11.3 Å². The van der Waals surface area contributed by atoms with Crippen LogP contribution in [0, 0.1) is 17.2 Å². The van der Waals surface area contributed by atoms with Gasteiger partial charge in [0.15, 0.2) is 16.6 Å². The highest BCUT2D eigenvalue weighted by Crippen LogP contribution is 2.38. The maximum atomic E-state index is 12.8. The van der Waals surface area contributed by atoms with Crippen molar-refractivity contribution in [3.63, 3.8) is 0 Å². The first-order valence-corrected chi connectivity index (χ1v) is 10.6. The molecule has 2 aliphatic rings. The predicted octanol–water partition coefficient (Wildman–Crippen LogP) is 3.19. The second kappa shape index (κ2) is 7.80. The largest absolute Gasteiger partial charge is 0.486 e. The molecule has 1 saturated heterocycles. The molecule has 1 amide bonds. The van der Waals surface area contributed by atoms with E-state index in [0.717, 1.165) is 47.7 Å². The molecule has 30 heavy (non-hydrogen) atoms. The van der Waals surface area contributed by atoms with Crippen molar-refractivity contribution in [1.82, 2.24) is 9.97 Å². The van der Waals surface area contributed by atoms with Crippen LogP contribution in [0.4, 0.5) is 10.9 Å². The first-order valence-electron chi connectivity index (χ1n) is 9.82. The van der Waals surface area contributed by atoms with Gasteiger partial charge in [0.05, 0.1) is 15.8 Å². The molecule has 0 unspecified atom stereocenters. The molecule has 0 radical (unpaired) electrons. The number of fused-ring (bicyclic) bond motifs is 2. The zero-order valence-electron chi connectivity index (χ0n) is 16.1. The molecule has 2 aliphatic heterocycles. The molecule has 0 aliphatic carbocycles. The highest BCUT2D eigenvalue weighted by Gasteiger charge is 2.26. The first-order chi connectivity index (χ1) is 14.7. The van der Waals surface area contributed by atoms with E-state index in [2.05, 4.69) is 26.3 Å². The van der Waals surface area contributed by atoms with Crippen molar-refractivity contribution in [3.8, 4) is 17.6 Å². The van der Waals surface area contributed by atoms with Crippen LogP contribution in [-0.2, 0) is 4.79 Å². The maximum Gasteiger partial charge on any atom is 0.229 e. The third kappa shape index (κ3) is 3.62. The lowest BCUT2D eigenvalue weighted by Gasteiger charge is -2.31. The maximum absolute atomic E-state index is 12.8. The Morgan fingerprint density at radius 3 is 2.67 bits per heavy atom. The molecule has 1 aromatic carbocycles. The molecule has 1 fully saturated rings. The predicted molar refractivity (Wildman–Crippen MR) is 113 cm³/mol. The van der Waals surface area contributed by atoms with Crippen LogP contribution in [0.2, 0.25) is 0 Å². The fourth-order valence-electron chi connectivity index (χ4n) is 3.74. The molecule has 2 aromatic heterocycles. The molecule has 3 aromatic rings. The van der Waals surface area contributed by atoms with Crippen LogP contribution >= 0.6 is 11.3 Å². The Labute approximate surface area is 177 Å². The highest BCUT2D eigenvalue weighted by atomic mass is 32.1. The molecule has 152 valence electrons. The lowest BCUT2D eigenvalue weighted by Crippen LogP contribution is -2.38. The minimum Gasteiger partial charge on any atom is -0.486 e. The van der Waals surface area contributed by atoms with Crippen LogP contribution in [-0.4, -0.2) is 42.2 Å². The second-order valence-corrected chi connectivity index (χ2v) is 8.28. The van der Waals surface area contributed by atoms with Crippen molar-refractivity contribution in [2.45, 2.75) is 12.8 Å². The Bertz CT molecular complexity index is 1090. The van der Waals surface area contributed by atoms with Gasteiger partial charge in [-0.1, -0.05) is 11.3 Å². The number of hydrogen-bond donors (Lipinski definition) is 1. The normalized spacial score (nSPS) is 16.3. The molecule has 0 spiro atoms. The molecular formula is C21H19N5O3S. The average Bonchev–Trinajstić information content (AvgIpc) is 3.18. The van der Waals surface area contributed by atoms with Crippen molar-refractivity contribution in [1.29, 1.82) is 5.26 Å². The van der Waals surface area contributed by atoms with Crippen LogP contribution in [0.5, 0.6) is 11.5 Å². The fourth-order valence-corrected chi connectivity index (χ4v) is 4.61. The number of piperidine rings is 1. The molecule has 5 rings (SSSR count). The number of anilines is 2. The summed E-state index contributed by atoms with van der Waals surface area (Å²) in [5.41, 5.74) is 1.34. The minimum atomic E-state index is -0.0634. The smallest absolute Gasteiger partial charge is 0.229 e. The van der Waals surface area contributed by atoms with Crippen LogP contribution in [0.15, 0.2) is 30.5 Å². The number of nitriles is 1. The Balaban J connectivity index is 1.22. The number of pyridine rings is 1. The Kier molecular flexibility index (Phi) is 4.85. The number of carbonyl (C=O) groups is 1. The van der Waals surface area contributed by atoms with Gasteiger partial charge in [0.2, 0.25) is 5.91 Å². The van der Waals surface area contributed by atoms with Crippen LogP contribution < -0.4 is 19.7 Å². The summed E-state index contributed by atoms with van der Waals surface area (Å²) in [7, 11) is 0. The Hall–Kier alpha value is -3.38. The summed E-state index contributed by atoms with van der Waals surface area (Å²) in [6.07, 6.45) is 3.07. The number of aromatic nitrogens is 2. The number of amides is 1. The third-order valence-electron chi connectivity index (χ3n) is 5.35. The monoisotopic (exact) mass is 421 g/mol. The van der Waals surface area contributed by atoms with Gasteiger partial charge in [0.25, 0.3) is 0 Å². The van der Waals surface area contributed by atoms with E-state index >= 15 is 0 Å². The van der Waals surface area contributed by atoms with Gasteiger partial charge in [-0.2, -0.15) is 5.26 Å². The fraction of sp³-hybridized carbons (Fsp3) is 0.333. The molecule has 0 bridgehead atoms. The second-order valence-electron chi connectivity index (χ2n) is 7.25. The number of ether oxygens (including phenoxy) is 2. The third-order valence-corrected chi connectivity index (χ3v) is 6.28. The van der Waals surface area contributed by atoms with Crippen LogP contribution in [0.1, 0.15) is 18.4 Å². The quantitative estimate of drug-likeness (QED) is 0.693. The van der Waals surface area contributed by atoms with E-state index in [0.29, 0.717) is 29.7 Å². The molecule has 4 heterocycles. The summed E-state index contributed by atoms with van der Waals surface area (Å²) >= 11 is 1.44. The van der Waals surface area contributed by atoms with Gasteiger partial charge in [0.1, 0.15) is 25.1 Å². The zero-order chi connectivity index (χ0) is 20.5. The van der Waals surface area contributed by atoms with Gasteiger partial charge >= 0.3 is 0 Å². The van der Waals surface area contributed by atoms with Crippen LogP contribution in [0.3, 0.4) is 0 Å². The van der Waals surface area contributed by atoms with E-state index in [1.807, 2.05) is 18.2 Å². The van der Waals surface area contributed by atoms with E-state index in [4.69, 9.17) is 14.7 Å². The van der Waals surface area contributed by atoms with Gasteiger partial charge in [-0.05, 0) is 25.0 Å². The summed E-state index contributed by atoms with van der Waals surface area (Å²) in [4.78, 5) is 23.8. The van der Waals surface area contributed by atoms with E-state index in [1.54, 1.807) is 12.3 Å². The number of nitrogens with zero attached hydrogens (tertiary/aromatic N) is 4. The topological polar surface area (TPSA) is 100 Å². The highest BCUT2D eigenvalue weighted by molar-refractivity contribution is 7.22. The number of thiazole rings is 1. The summed E-state index contributed by atoms with van der Waals surface area (Å²) in [6, 6.07) is 9.47. The van der Waals surface area contributed by atoms with Gasteiger partial charge in [-0.15, -0.1) is 0 Å². The van der Waals surface area contributed by atoms with Gasteiger partial charge in [-0.3, -0.25) is 4.79 Å². The molecule has 0 saturated carbocycles. The molecule has 1 N–H and O–H groups in total. The van der Waals surface area contributed by atoms with Gasteiger partial charge in [-0.25, -0.2) is 9.97 Å². The van der Waals surface area contributed by atoms with Crippen molar-refractivity contribution < 1.29 is 14.3 Å².